The van der Waals surface area contributed by atoms with Gasteiger partial charge in [-0.25, -0.2) is 8.42 Å². The average molecular weight is 419 g/mol. The molecule has 0 aromatic heterocycles. The number of aryl methyl sites for hydroxylation is 1. The smallest absolute Gasteiger partial charge is 0.264 e. The summed E-state index contributed by atoms with van der Waals surface area (Å²) < 4.78 is 28.1. The number of amides is 1. The van der Waals surface area contributed by atoms with Crippen molar-refractivity contribution in [3.05, 3.63) is 89.5 Å². The van der Waals surface area contributed by atoms with Crippen molar-refractivity contribution in [3.8, 4) is 0 Å². The van der Waals surface area contributed by atoms with E-state index >= 15 is 0 Å². The summed E-state index contributed by atoms with van der Waals surface area (Å²) in [5.41, 5.74) is 4.20. The maximum Gasteiger partial charge on any atom is 0.264 e. The summed E-state index contributed by atoms with van der Waals surface area (Å²) in [4.78, 5) is 15.2. The summed E-state index contributed by atoms with van der Waals surface area (Å²) in [6.07, 6.45) is 2.53. The van der Waals surface area contributed by atoms with E-state index in [-0.39, 0.29) is 10.8 Å². The maximum absolute atomic E-state index is 13.3. The number of benzene rings is 3. The van der Waals surface area contributed by atoms with Crippen LogP contribution < -0.4 is 9.21 Å². The number of hydrogen-bond acceptors (Lipinski definition) is 3. The van der Waals surface area contributed by atoms with Gasteiger partial charge in [0.05, 0.1) is 10.6 Å². The van der Waals surface area contributed by atoms with Crippen LogP contribution in [0.25, 0.3) is 0 Å². The number of fused-ring (bicyclic) bond motifs is 2. The first-order chi connectivity index (χ1) is 14.6. The van der Waals surface area contributed by atoms with Gasteiger partial charge in [0.2, 0.25) is 0 Å². The molecule has 0 saturated carbocycles. The van der Waals surface area contributed by atoms with E-state index in [1.807, 2.05) is 48.5 Å². The van der Waals surface area contributed by atoms with Gasteiger partial charge in [0, 0.05) is 24.3 Å². The molecule has 0 unspecified atom stereocenters. The molecule has 0 spiro atoms. The second-order valence-electron chi connectivity index (χ2n) is 7.67. The topological polar surface area (TPSA) is 57.7 Å². The van der Waals surface area contributed by atoms with Crippen LogP contribution in [0.5, 0.6) is 0 Å². The first-order valence-corrected chi connectivity index (χ1v) is 11.6. The lowest BCUT2D eigenvalue weighted by Gasteiger charge is -2.29. The van der Waals surface area contributed by atoms with Gasteiger partial charge in [0.15, 0.2) is 0 Å². The van der Waals surface area contributed by atoms with Crippen LogP contribution in [0.15, 0.2) is 77.7 Å². The first-order valence-electron chi connectivity index (χ1n) is 10.2. The fraction of sp³-hybridized carbons (Fsp3) is 0.208. The lowest BCUT2D eigenvalue weighted by atomic mass is 10.0. The van der Waals surface area contributed by atoms with Gasteiger partial charge in [-0.05, 0) is 60.7 Å². The molecule has 6 heteroatoms. The number of carbonyl (C=O) groups is 1. The number of rotatable bonds is 3. The van der Waals surface area contributed by atoms with Crippen molar-refractivity contribution in [1.82, 2.24) is 0 Å². The van der Waals surface area contributed by atoms with Crippen LogP contribution in [0.3, 0.4) is 0 Å². The molecule has 5 rings (SSSR count). The lowest BCUT2D eigenvalue weighted by Crippen LogP contribution is -2.35. The minimum absolute atomic E-state index is 0.148. The quantitative estimate of drug-likeness (QED) is 0.645. The van der Waals surface area contributed by atoms with Crippen molar-refractivity contribution in [3.63, 3.8) is 0 Å². The maximum atomic E-state index is 13.3. The minimum Gasteiger partial charge on any atom is -0.308 e. The molecule has 1 amide bonds. The molecule has 0 bridgehead atoms. The third-order valence-electron chi connectivity index (χ3n) is 5.87. The van der Waals surface area contributed by atoms with E-state index in [2.05, 4.69) is 0 Å². The van der Waals surface area contributed by atoms with Gasteiger partial charge >= 0.3 is 0 Å². The van der Waals surface area contributed by atoms with E-state index in [0.29, 0.717) is 25.1 Å². The molecule has 0 atom stereocenters. The van der Waals surface area contributed by atoms with E-state index < -0.39 is 10.0 Å². The predicted octanol–water partition coefficient (Wildman–Crippen LogP) is 4.03. The molecule has 152 valence electrons. The normalized spacial score (nSPS) is 15.6. The minimum atomic E-state index is -3.74. The zero-order chi connectivity index (χ0) is 20.7. The van der Waals surface area contributed by atoms with Crippen molar-refractivity contribution < 1.29 is 13.2 Å². The molecule has 3 aromatic carbocycles. The summed E-state index contributed by atoms with van der Waals surface area (Å²) in [5, 5.41) is 0. The Morgan fingerprint density at radius 1 is 0.767 bits per heavy atom. The molecule has 0 fully saturated rings. The summed E-state index contributed by atoms with van der Waals surface area (Å²) >= 11 is 0. The van der Waals surface area contributed by atoms with Crippen LogP contribution in [-0.2, 0) is 22.9 Å². The van der Waals surface area contributed by atoms with Gasteiger partial charge in [-0.2, -0.15) is 0 Å². The molecular weight excluding hydrogens is 396 g/mol. The average Bonchev–Trinajstić information content (AvgIpc) is 3.23. The van der Waals surface area contributed by atoms with Gasteiger partial charge < -0.3 is 4.90 Å². The summed E-state index contributed by atoms with van der Waals surface area (Å²) in [6.45, 7) is 1.05. The van der Waals surface area contributed by atoms with Crippen LogP contribution in [0.2, 0.25) is 0 Å². The molecule has 0 aliphatic carbocycles. The highest BCUT2D eigenvalue weighted by atomic mass is 32.2. The molecule has 0 saturated heterocycles. The van der Waals surface area contributed by atoms with E-state index in [9.17, 15) is 13.2 Å². The molecule has 5 nitrogen and oxygen atoms in total. The molecule has 2 aliphatic rings. The van der Waals surface area contributed by atoms with Gasteiger partial charge in [-0.15, -0.1) is 0 Å². The van der Waals surface area contributed by atoms with Crippen molar-refractivity contribution in [1.29, 1.82) is 0 Å². The Balaban J connectivity index is 1.49. The number of nitrogens with zero attached hydrogens (tertiary/aromatic N) is 2. The summed E-state index contributed by atoms with van der Waals surface area (Å²) in [6, 6.07) is 21.9. The van der Waals surface area contributed by atoms with Gasteiger partial charge in [-0.1, -0.05) is 42.5 Å². The van der Waals surface area contributed by atoms with Crippen molar-refractivity contribution >= 4 is 27.3 Å². The molecule has 0 radical (unpaired) electrons. The molecule has 3 aromatic rings. The van der Waals surface area contributed by atoms with Crippen molar-refractivity contribution in [2.75, 3.05) is 22.3 Å². The van der Waals surface area contributed by atoms with Gasteiger partial charge in [0.1, 0.15) is 0 Å². The number of para-hydroxylation sites is 2. The highest BCUT2D eigenvalue weighted by molar-refractivity contribution is 7.92. The Morgan fingerprint density at radius 3 is 2.27 bits per heavy atom. The molecule has 30 heavy (non-hydrogen) atoms. The molecule has 2 aliphatic heterocycles. The van der Waals surface area contributed by atoms with Gasteiger partial charge in [0.25, 0.3) is 15.9 Å². The van der Waals surface area contributed by atoms with Crippen molar-refractivity contribution in [2.45, 2.75) is 24.2 Å². The zero-order valence-electron chi connectivity index (χ0n) is 16.5. The fourth-order valence-corrected chi connectivity index (χ4v) is 5.92. The lowest BCUT2D eigenvalue weighted by molar-refractivity contribution is 0.0985. The van der Waals surface area contributed by atoms with Gasteiger partial charge in [-0.3, -0.25) is 9.10 Å². The largest absolute Gasteiger partial charge is 0.308 e. The second kappa shape index (κ2) is 7.29. The van der Waals surface area contributed by atoms with Crippen molar-refractivity contribution in [2.24, 2.45) is 0 Å². The van der Waals surface area contributed by atoms with E-state index in [0.717, 1.165) is 35.3 Å². The number of anilines is 2. The summed E-state index contributed by atoms with van der Waals surface area (Å²) in [5.74, 6) is -0.166. The zero-order valence-corrected chi connectivity index (χ0v) is 17.3. The third kappa shape index (κ3) is 3.08. The van der Waals surface area contributed by atoms with Crippen LogP contribution in [0, 0.1) is 0 Å². The number of sulfonamides is 1. The van der Waals surface area contributed by atoms with Crippen LogP contribution in [0.4, 0.5) is 11.4 Å². The van der Waals surface area contributed by atoms with E-state index in [1.54, 1.807) is 23.1 Å². The van der Waals surface area contributed by atoms with Crippen LogP contribution in [0.1, 0.15) is 27.9 Å². The predicted molar refractivity (Wildman–Crippen MR) is 118 cm³/mol. The third-order valence-corrected chi connectivity index (χ3v) is 7.68. The monoisotopic (exact) mass is 418 g/mol. The molecule has 0 N–H and O–H groups in total. The number of carbonyl (C=O) groups excluding carboxylic acids is 1. The Kier molecular flexibility index (Phi) is 4.59. The SMILES string of the molecule is O=C(c1cccc(S(=O)(=O)N2CCc3ccccc32)c1)N1CCCc2ccccc21. The molecular formula is C24H22N2O3S. The Morgan fingerprint density at radius 2 is 1.47 bits per heavy atom. The second-order valence-corrected chi connectivity index (χ2v) is 9.54. The highest BCUT2D eigenvalue weighted by Crippen LogP contribution is 2.33. The van der Waals surface area contributed by atoms with E-state index in [4.69, 9.17) is 0 Å². The first kappa shape index (κ1) is 18.9. The Labute approximate surface area is 176 Å². The highest BCUT2D eigenvalue weighted by Gasteiger charge is 2.31. The van der Waals surface area contributed by atoms with Crippen LogP contribution in [-0.4, -0.2) is 27.4 Å². The Bertz CT molecular complexity index is 1240. The Hall–Kier alpha value is -3.12. The van der Waals surface area contributed by atoms with E-state index in [1.165, 1.54) is 10.4 Å². The number of hydrogen-bond donors (Lipinski definition) is 0. The molecule has 2 heterocycles. The van der Waals surface area contributed by atoms with Crippen LogP contribution >= 0.6 is 0 Å². The standard InChI is InChI=1S/C24H22N2O3S/c27-24(25-15-6-10-18-7-1-3-12-22(18)25)20-9-5-11-21(17-20)30(28,29)26-16-14-19-8-2-4-13-23(19)26/h1-5,7-9,11-13,17H,6,10,14-16H2. The fourth-order valence-electron chi connectivity index (χ4n) is 4.37. The summed E-state index contributed by atoms with van der Waals surface area (Å²) in [7, 11) is -3.74.